The van der Waals surface area contributed by atoms with Gasteiger partial charge in [-0.3, -0.25) is 0 Å². The first-order valence-corrected chi connectivity index (χ1v) is 5.43. The van der Waals surface area contributed by atoms with Crippen molar-refractivity contribution >= 4 is 11.8 Å². The number of aryl methyl sites for hydroxylation is 1. The minimum Gasteiger partial charge on any atom is -0.462 e. The van der Waals surface area contributed by atoms with E-state index in [1.165, 1.54) is 11.0 Å². The summed E-state index contributed by atoms with van der Waals surface area (Å²) in [5.41, 5.74) is 6.68. The Morgan fingerprint density at radius 3 is 2.94 bits per heavy atom. The summed E-state index contributed by atoms with van der Waals surface area (Å²) in [5.74, 6) is 0.235. The third kappa shape index (κ3) is 2.02. The number of nitrogens with two attached hydrogens (primary N) is 1. The van der Waals surface area contributed by atoms with E-state index in [9.17, 15) is 4.79 Å². The Morgan fingerprint density at radius 2 is 2.33 bits per heavy atom. The predicted molar refractivity (Wildman–Crippen MR) is 64.3 cm³/mol. The van der Waals surface area contributed by atoms with Crippen LogP contribution >= 0.6 is 0 Å². The third-order valence-electron chi connectivity index (χ3n) is 2.36. The van der Waals surface area contributed by atoms with Crippen molar-refractivity contribution < 1.29 is 9.53 Å². The number of carbonyl (C=O) groups excluding carboxylic acids is 1. The number of hydrogen-bond acceptors (Lipinski definition) is 6. The molecule has 0 radical (unpaired) electrons. The maximum absolute atomic E-state index is 11.7. The fourth-order valence-electron chi connectivity index (χ4n) is 1.58. The SMILES string of the molecule is CCOC(=O)c1c(C)nn(-c2ccncn2)c1N. The van der Waals surface area contributed by atoms with E-state index in [1.54, 1.807) is 26.1 Å². The van der Waals surface area contributed by atoms with Gasteiger partial charge in [-0.05, 0) is 13.8 Å². The maximum Gasteiger partial charge on any atom is 0.343 e. The van der Waals surface area contributed by atoms with Crippen molar-refractivity contribution in [3.05, 3.63) is 29.8 Å². The molecule has 2 heterocycles. The van der Waals surface area contributed by atoms with Gasteiger partial charge in [0.15, 0.2) is 5.82 Å². The summed E-state index contributed by atoms with van der Waals surface area (Å²) >= 11 is 0. The lowest BCUT2D eigenvalue weighted by molar-refractivity contribution is 0.0527. The van der Waals surface area contributed by atoms with Crippen molar-refractivity contribution in [3.63, 3.8) is 0 Å². The standard InChI is InChI=1S/C11H13N5O2/c1-3-18-11(17)9-7(2)15-16(10(9)12)8-4-5-13-6-14-8/h4-6H,3,12H2,1-2H3. The second kappa shape index (κ2) is 4.82. The van der Waals surface area contributed by atoms with E-state index >= 15 is 0 Å². The summed E-state index contributed by atoms with van der Waals surface area (Å²) < 4.78 is 6.33. The molecule has 0 saturated heterocycles. The van der Waals surface area contributed by atoms with Crippen molar-refractivity contribution in [1.29, 1.82) is 0 Å². The summed E-state index contributed by atoms with van der Waals surface area (Å²) in [4.78, 5) is 19.6. The largest absolute Gasteiger partial charge is 0.462 e. The molecule has 0 aliphatic rings. The first-order chi connectivity index (χ1) is 8.65. The number of anilines is 1. The molecular formula is C11H13N5O2. The highest BCUT2D eigenvalue weighted by atomic mass is 16.5. The number of ether oxygens (including phenoxy) is 1. The summed E-state index contributed by atoms with van der Waals surface area (Å²) in [6.07, 6.45) is 2.96. The zero-order chi connectivity index (χ0) is 13.1. The molecule has 94 valence electrons. The van der Waals surface area contributed by atoms with Gasteiger partial charge in [0.2, 0.25) is 0 Å². The number of nitrogens with zero attached hydrogens (tertiary/aromatic N) is 4. The number of carbonyl (C=O) groups is 1. The van der Waals surface area contributed by atoms with E-state index in [-0.39, 0.29) is 18.0 Å². The molecule has 0 aromatic carbocycles. The van der Waals surface area contributed by atoms with Crippen LogP contribution in [0.2, 0.25) is 0 Å². The monoisotopic (exact) mass is 247 g/mol. The zero-order valence-corrected chi connectivity index (χ0v) is 10.1. The Hall–Kier alpha value is -2.44. The molecule has 2 aromatic heterocycles. The first kappa shape index (κ1) is 12.0. The van der Waals surface area contributed by atoms with E-state index in [2.05, 4.69) is 15.1 Å². The van der Waals surface area contributed by atoms with Gasteiger partial charge in [-0.25, -0.2) is 14.8 Å². The summed E-state index contributed by atoms with van der Waals surface area (Å²) in [7, 11) is 0. The van der Waals surface area contributed by atoms with Crippen LogP contribution in [0.25, 0.3) is 5.82 Å². The van der Waals surface area contributed by atoms with Crippen LogP contribution in [0.4, 0.5) is 5.82 Å². The van der Waals surface area contributed by atoms with Gasteiger partial charge in [-0.1, -0.05) is 0 Å². The van der Waals surface area contributed by atoms with Gasteiger partial charge in [0.05, 0.1) is 12.3 Å². The number of esters is 1. The van der Waals surface area contributed by atoms with Crippen LogP contribution in [0.15, 0.2) is 18.6 Å². The number of nitrogen functional groups attached to an aromatic ring is 1. The van der Waals surface area contributed by atoms with Gasteiger partial charge in [-0.15, -0.1) is 0 Å². The Kier molecular flexibility index (Phi) is 3.22. The molecule has 0 amide bonds. The van der Waals surface area contributed by atoms with Crippen LogP contribution in [0, 0.1) is 6.92 Å². The Labute approximate surface area is 104 Å². The molecule has 2 N–H and O–H groups in total. The van der Waals surface area contributed by atoms with Crippen LogP contribution in [-0.4, -0.2) is 32.3 Å². The molecule has 2 rings (SSSR count). The van der Waals surface area contributed by atoms with Crippen LogP contribution in [0.1, 0.15) is 23.0 Å². The molecular weight excluding hydrogens is 234 g/mol. The summed E-state index contributed by atoms with van der Waals surface area (Å²) in [6.45, 7) is 3.72. The van der Waals surface area contributed by atoms with E-state index in [0.717, 1.165) is 0 Å². The second-order valence-electron chi connectivity index (χ2n) is 3.55. The van der Waals surface area contributed by atoms with Crippen LogP contribution < -0.4 is 5.73 Å². The van der Waals surface area contributed by atoms with Crippen LogP contribution in [0.5, 0.6) is 0 Å². The van der Waals surface area contributed by atoms with E-state index in [1.807, 2.05) is 0 Å². The summed E-state index contributed by atoms with van der Waals surface area (Å²) in [6, 6.07) is 1.65. The Balaban J connectivity index is 2.47. The lowest BCUT2D eigenvalue weighted by Gasteiger charge is -2.03. The Morgan fingerprint density at radius 1 is 1.56 bits per heavy atom. The van der Waals surface area contributed by atoms with Gasteiger partial charge in [0.25, 0.3) is 0 Å². The fraction of sp³-hybridized carbons (Fsp3) is 0.273. The second-order valence-corrected chi connectivity index (χ2v) is 3.55. The van der Waals surface area contributed by atoms with Crippen molar-refractivity contribution in [2.45, 2.75) is 13.8 Å². The molecule has 7 heteroatoms. The predicted octanol–water partition coefficient (Wildman–Crippen LogP) is 0.730. The molecule has 0 unspecified atom stereocenters. The average molecular weight is 247 g/mol. The normalized spacial score (nSPS) is 10.3. The molecule has 0 aliphatic carbocycles. The van der Waals surface area contributed by atoms with Crippen molar-refractivity contribution in [2.75, 3.05) is 12.3 Å². The quantitative estimate of drug-likeness (QED) is 0.803. The number of rotatable bonds is 3. The topological polar surface area (TPSA) is 95.9 Å². The molecule has 0 atom stereocenters. The minimum atomic E-state index is -0.479. The zero-order valence-electron chi connectivity index (χ0n) is 10.1. The Bertz CT molecular complexity index is 564. The third-order valence-corrected chi connectivity index (χ3v) is 2.36. The molecule has 0 aliphatic heterocycles. The maximum atomic E-state index is 11.7. The van der Waals surface area contributed by atoms with E-state index in [4.69, 9.17) is 10.5 Å². The number of hydrogen-bond donors (Lipinski definition) is 1. The first-order valence-electron chi connectivity index (χ1n) is 5.43. The lowest BCUT2D eigenvalue weighted by atomic mass is 10.2. The highest BCUT2D eigenvalue weighted by Crippen LogP contribution is 2.20. The molecule has 0 saturated carbocycles. The van der Waals surface area contributed by atoms with Gasteiger partial charge in [0, 0.05) is 12.3 Å². The van der Waals surface area contributed by atoms with Gasteiger partial charge >= 0.3 is 5.97 Å². The highest BCUT2D eigenvalue weighted by Gasteiger charge is 2.21. The fourth-order valence-corrected chi connectivity index (χ4v) is 1.58. The highest BCUT2D eigenvalue weighted by molar-refractivity contribution is 5.95. The van der Waals surface area contributed by atoms with Gasteiger partial charge in [0.1, 0.15) is 17.7 Å². The summed E-state index contributed by atoms with van der Waals surface area (Å²) in [5, 5.41) is 4.18. The molecule has 0 spiro atoms. The van der Waals surface area contributed by atoms with Crippen molar-refractivity contribution in [3.8, 4) is 5.82 Å². The van der Waals surface area contributed by atoms with E-state index in [0.29, 0.717) is 11.5 Å². The van der Waals surface area contributed by atoms with E-state index < -0.39 is 5.97 Å². The molecule has 7 nitrogen and oxygen atoms in total. The van der Waals surface area contributed by atoms with Crippen LogP contribution in [0.3, 0.4) is 0 Å². The molecule has 0 bridgehead atoms. The lowest BCUT2D eigenvalue weighted by Crippen LogP contribution is -2.10. The van der Waals surface area contributed by atoms with Gasteiger partial charge in [-0.2, -0.15) is 9.78 Å². The smallest absolute Gasteiger partial charge is 0.343 e. The van der Waals surface area contributed by atoms with Crippen molar-refractivity contribution in [2.24, 2.45) is 0 Å². The molecule has 0 fully saturated rings. The average Bonchev–Trinajstić information content (AvgIpc) is 2.66. The van der Waals surface area contributed by atoms with Gasteiger partial charge < -0.3 is 10.5 Å². The van der Waals surface area contributed by atoms with Crippen molar-refractivity contribution in [1.82, 2.24) is 19.7 Å². The minimum absolute atomic E-state index is 0.213. The molecule has 2 aromatic rings. The number of aromatic nitrogens is 4. The molecule has 18 heavy (non-hydrogen) atoms. The van der Waals surface area contributed by atoms with Crippen LogP contribution in [-0.2, 0) is 4.74 Å².